The summed E-state index contributed by atoms with van der Waals surface area (Å²) in [6, 6.07) is 0.428. The highest BCUT2D eigenvalue weighted by Crippen LogP contribution is 2.17. The normalized spacial score (nSPS) is 24.2. The second kappa shape index (κ2) is 6.12. The van der Waals surface area contributed by atoms with Gasteiger partial charge in [0.1, 0.15) is 4.75 Å². The average molecular weight is 277 g/mol. The smallest absolute Gasteiger partial charge is 0.321 e. The van der Waals surface area contributed by atoms with Crippen molar-refractivity contribution < 1.29 is 18.8 Å². The molecule has 0 radical (unpaired) electrons. The van der Waals surface area contributed by atoms with E-state index < -0.39 is 21.5 Å². The lowest BCUT2D eigenvalue weighted by Gasteiger charge is -2.36. The van der Waals surface area contributed by atoms with Gasteiger partial charge in [0.15, 0.2) is 0 Å². The molecule has 1 saturated heterocycles. The van der Waals surface area contributed by atoms with E-state index in [4.69, 9.17) is 9.84 Å². The van der Waals surface area contributed by atoms with Crippen LogP contribution in [0.2, 0.25) is 0 Å². The highest BCUT2D eigenvalue weighted by Gasteiger charge is 2.36. The van der Waals surface area contributed by atoms with E-state index in [0.717, 1.165) is 13.1 Å². The van der Waals surface area contributed by atoms with Gasteiger partial charge in [0.2, 0.25) is 0 Å². The fourth-order valence-electron chi connectivity index (χ4n) is 1.79. The Morgan fingerprint density at radius 2 is 2.17 bits per heavy atom. The molecule has 0 aliphatic carbocycles. The Labute approximate surface area is 111 Å². The van der Waals surface area contributed by atoms with Gasteiger partial charge in [-0.3, -0.25) is 13.9 Å². The number of rotatable bonds is 5. The minimum atomic E-state index is -1.44. The third-order valence-electron chi connectivity index (χ3n) is 3.32. The van der Waals surface area contributed by atoms with Gasteiger partial charge in [-0.05, 0) is 27.7 Å². The Morgan fingerprint density at radius 3 is 2.67 bits per heavy atom. The van der Waals surface area contributed by atoms with Crippen molar-refractivity contribution in [1.29, 1.82) is 0 Å². The summed E-state index contributed by atoms with van der Waals surface area (Å²) < 4.78 is 16.4. The number of ether oxygens (including phenoxy) is 1. The number of morpholine rings is 1. The molecule has 1 heterocycles. The van der Waals surface area contributed by atoms with Crippen molar-refractivity contribution in [2.75, 3.05) is 25.4 Å². The Morgan fingerprint density at radius 1 is 1.56 bits per heavy atom. The molecule has 2 unspecified atom stereocenters. The lowest BCUT2D eigenvalue weighted by atomic mass is 10.2. The first-order chi connectivity index (χ1) is 8.25. The molecule has 1 rings (SSSR count). The first-order valence-corrected chi connectivity index (χ1v) is 7.54. The topological polar surface area (TPSA) is 66.8 Å². The van der Waals surface area contributed by atoms with E-state index in [0.29, 0.717) is 12.6 Å². The van der Waals surface area contributed by atoms with Crippen LogP contribution in [0.4, 0.5) is 0 Å². The van der Waals surface area contributed by atoms with Crippen LogP contribution >= 0.6 is 0 Å². The zero-order valence-electron chi connectivity index (χ0n) is 11.5. The molecule has 0 aromatic rings. The van der Waals surface area contributed by atoms with E-state index >= 15 is 0 Å². The maximum Gasteiger partial charge on any atom is 0.321 e. The average Bonchev–Trinajstić information content (AvgIpc) is 2.28. The van der Waals surface area contributed by atoms with E-state index in [1.54, 1.807) is 0 Å². The van der Waals surface area contributed by atoms with Gasteiger partial charge in [0, 0.05) is 29.9 Å². The van der Waals surface area contributed by atoms with Gasteiger partial charge >= 0.3 is 5.97 Å². The number of hydrogen-bond acceptors (Lipinski definition) is 4. The van der Waals surface area contributed by atoms with Crippen molar-refractivity contribution in [1.82, 2.24) is 4.90 Å². The summed E-state index contributed by atoms with van der Waals surface area (Å²) >= 11 is 0. The molecule has 0 amide bonds. The van der Waals surface area contributed by atoms with Gasteiger partial charge in [0.25, 0.3) is 0 Å². The first-order valence-electron chi connectivity index (χ1n) is 6.22. The number of hydrogen-bond donors (Lipinski definition) is 1. The second-order valence-corrected chi connectivity index (χ2v) is 7.45. The van der Waals surface area contributed by atoms with Crippen molar-refractivity contribution >= 4 is 16.8 Å². The molecule has 1 N–H and O–H groups in total. The van der Waals surface area contributed by atoms with Crippen LogP contribution in [-0.2, 0) is 20.3 Å². The largest absolute Gasteiger partial charge is 0.480 e. The van der Waals surface area contributed by atoms with Crippen LogP contribution in [0.25, 0.3) is 0 Å². The van der Waals surface area contributed by atoms with Crippen LogP contribution in [-0.4, -0.2) is 62.5 Å². The van der Waals surface area contributed by atoms with Gasteiger partial charge in [-0.1, -0.05) is 0 Å². The maximum absolute atomic E-state index is 12.1. The highest BCUT2D eigenvalue weighted by atomic mass is 32.2. The van der Waals surface area contributed by atoms with Gasteiger partial charge in [-0.25, -0.2) is 0 Å². The third kappa shape index (κ3) is 3.76. The molecule has 0 bridgehead atoms. The predicted octanol–water partition coefficient (Wildman–Crippen LogP) is 0.708. The molecule has 1 fully saturated rings. The van der Waals surface area contributed by atoms with Gasteiger partial charge < -0.3 is 9.84 Å². The fourth-order valence-corrected chi connectivity index (χ4v) is 2.94. The summed E-state index contributed by atoms with van der Waals surface area (Å²) in [5.41, 5.74) is 0. The monoisotopic (exact) mass is 277 g/mol. The van der Waals surface area contributed by atoms with E-state index in [2.05, 4.69) is 18.7 Å². The van der Waals surface area contributed by atoms with Crippen LogP contribution < -0.4 is 0 Å². The number of carboxylic acids is 1. The van der Waals surface area contributed by atoms with Crippen LogP contribution in [0.3, 0.4) is 0 Å². The molecular weight excluding hydrogens is 254 g/mol. The number of nitrogens with zero attached hydrogens (tertiary/aromatic N) is 1. The van der Waals surface area contributed by atoms with E-state index in [-0.39, 0.29) is 11.9 Å². The predicted molar refractivity (Wildman–Crippen MR) is 71.2 cm³/mol. The zero-order valence-corrected chi connectivity index (χ0v) is 12.3. The van der Waals surface area contributed by atoms with Crippen molar-refractivity contribution in [3.8, 4) is 0 Å². The molecule has 18 heavy (non-hydrogen) atoms. The molecule has 1 aliphatic rings. The SMILES string of the molecule is CC(C)N1CCOC(CS(=O)C(C)(C)C(=O)O)C1. The lowest BCUT2D eigenvalue weighted by molar-refractivity contribution is -0.139. The summed E-state index contributed by atoms with van der Waals surface area (Å²) in [7, 11) is -1.44. The standard InChI is InChI=1S/C12H23NO4S/c1-9(2)13-5-6-17-10(7-13)8-18(16)12(3,4)11(14)15/h9-10H,5-8H2,1-4H3,(H,14,15). The number of aliphatic carboxylic acids is 1. The fraction of sp³-hybridized carbons (Fsp3) is 0.917. The van der Waals surface area contributed by atoms with Crippen LogP contribution in [0.5, 0.6) is 0 Å². The van der Waals surface area contributed by atoms with Crippen LogP contribution in [0, 0.1) is 0 Å². The molecule has 0 aromatic carbocycles. The Kier molecular flexibility index (Phi) is 5.31. The summed E-state index contributed by atoms with van der Waals surface area (Å²) in [4.78, 5) is 13.3. The van der Waals surface area contributed by atoms with Gasteiger partial charge in [0.05, 0.1) is 18.5 Å². The quantitative estimate of drug-likeness (QED) is 0.801. The van der Waals surface area contributed by atoms with E-state index in [9.17, 15) is 9.00 Å². The maximum atomic E-state index is 12.1. The summed E-state index contributed by atoms with van der Waals surface area (Å²) in [5.74, 6) is -0.750. The molecule has 2 atom stereocenters. The van der Waals surface area contributed by atoms with Gasteiger partial charge in [-0.2, -0.15) is 0 Å². The lowest BCUT2D eigenvalue weighted by Crippen LogP contribution is -2.49. The molecule has 6 heteroatoms. The third-order valence-corrected chi connectivity index (χ3v) is 5.31. The minimum absolute atomic E-state index is 0.138. The molecule has 0 aromatic heterocycles. The Bertz CT molecular complexity index is 330. The molecule has 5 nitrogen and oxygen atoms in total. The van der Waals surface area contributed by atoms with Crippen molar-refractivity contribution in [2.45, 2.75) is 44.6 Å². The Balaban J connectivity index is 2.57. The molecular formula is C12H23NO4S. The molecule has 0 saturated carbocycles. The molecule has 106 valence electrons. The summed E-state index contributed by atoms with van der Waals surface area (Å²) in [6.07, 6.45) is -0.138. The van der Waals surface area contributed by atoms with Crippen molar-refractivity contribution in [2.24, 2.45) is 0 Å². The minimum Gasteiger partial charge on any atom is -0.480 e. The van der Waals surface area contributed by atoms with E-state index in [1.165, 1.54) is 13.8 Å². The first kappa shape index (κ1) is 15.6. The molecule has 0 spiro atoms. The number of carbonyl (C=O) groups is 1. The van der Waals surface area contributed by atoms with Crippen molar-refractivity contribution in [3.63, 3.8) is 0 Å². The van der Waals surface area contributed by atoms with Crippen LogP contribution in [0.15, 0.2) is 0 Å². The Hall–Kier alpha value is -0.460. The summed E-state index contributed by atoms with van der Waals surface area (Å²) in [5, 5.41) is 9.04. The highest BCUT2D eigenvalue weighted by molar-refractivity contribution is 7.87. The second-order valence-electron chi connectivity index (χ2n) is 5.41. The number of carboxylic acid groups (broad SMARTS) is 1. The molecule has 1 aliphatic heterocycles. The zero-order chi connectivity index (χ0) is 13.9. The van der Waals surface area contributed by atoms with Crippen molar-refractivity contribution in [3.05, 3.63) is 0 Å². The van der Waals surface area contributed by atoms with Gasteiger partial charge in [-0.15, -0.1) is 0 Å². The van der Waals surface area contributed by atoms with E-state index in [1.807, 2.05) is 0 Å². The summed E-state index contributed by atoms with van der Waals surface area (Å²) in [6.45, 7) is 9.43. The van der Waals surface area contributed by atoms with Crippen LogP contribution in [0.1, 0.15) is 27.7 Å².